The Labute approximate surface area is 183 Å². The molecule has 7 nitrogen and oxygen atoms in total. The van der Waals surface area contributed by atoms with Crippen LogP contribution < -0.4 is 16.0 Å². The van der Waals surface area contributed by atoms with Crippen molar-refractivity contribution in [2.75, 3.05) is 23.7 Å². The van der Waals surface area contributed by atoms with Crippen LogP contribution in [0.1, 0.15) is 21.7 Å². The number of pyridine rings is 1. The molecule has 0 radical (unpaired) electrons. The summed E-state index contributed by atoms with van der Waals surface area (Å²) in [5.74, 6) is -0.564. The molecule has 162 valence electrons. The summed E-state index contributed by atoms with van der Waals surface area (Å²) in [5.41, 5.74) is 1.30. The summed E-state index contributed by atoms with van der Waals surface area (Å²) >= 11 is 0.355. The summed E-state index contributed by atoms with van der Waals surface area (Å²) in [5, 5.41) is 9.00. The summed E-state index contributed by atoms with van der Waals surface area (Å²) in [6.07, 6.45) is 1.71. The molecule has 0 bridgehead atoms. The Hall–Kier alpha value is -3.27. The number of alkyl halides is 2. The van der Waals surface area contributed by atoms with Gasteiger partial charge in [-0.2, -0.15) is 8.78 Å². The molecule has 0 aliphatic rings. The first-order chi connectivity index (χ1) is 14.9. The molecule has 0 aliphatic carbocycles. The predicted molar refractivity (Wildman–Crippen MR) is 118 cm³/mol. The molecule has 3 aromatic rings. The Bertz CT molecular complexity index is 1050. The van der Waals surface area contributed by atoms with E-state index < -0.39 is 11.7 Å². The van der Waals surface area contributed by atoms with Crippen molar-refractivity contribution in [3.8, 4) is 0 Å². The van der Waals surface area contributed by atoms with E-state index in [1.165, 1.54) is 12.1 Å². The maximum Gasteiger partial charge on any atom is 0.288 e. The van der Waals surface area contributed by atoms with Gasteiger partial charge in [-0.3, -0.25) is 4.79 Å². The first kappa shape index (κ1) is 22.4. The molecule has 0 unspecified atom stereocenters. The number of benzene rings is 1. The van der Waals surface area contributed by atoms with Crippen molar-refractivity contribution in [1.82, 2.24) is 20.3 Å². The number of hydrogen-bond donors (Lipinski definition) is 3. The van der Waals surface area contributed by atoms with Crippen LogP contribution >= 0.6 is 11.8 Å². The lowest BCUT2D eigenvalue weighted by molar-refractivity contribution is 0.0952. The van der Waals surface area contributed by atoms with Crippen molar-refractivity contribution in [2.24, 2.45) is 0 Å². The van der Waals surface area contributed by atoms with Crippen molar-refractivity contribution in [3.05, 3.63) is 65.6 Å². The van der Waals surface area contributed by atoms with Crippen LogP contribution in [-0.2, 0) is 0 Å². The summed E-state index contributed by atoms with van der Waals surface area (Å²) in [7, 11) is 0. The van der Waals surface area contributed by atoms with E-state index >= 15 is 0 Å². The fourth-order valence-electron chi connectivity index (χ4n) is 2.77. The van der Waals surface area contributed by atoms with Crippen molar-refractivity contribution in [3.63, 3.8) is 0 Å². The fraction of sp³-hybridized carbons (Fsp3) is 0.238. The summed E-state index contributed by atoms with van der Waals surface area (Å²) < 4.78 is 25.4. The molecule has 0 atom stereocenters. The van der Waals surface area contributed by atoms with Gasteiger partial charge in [-0.15, -0.1) is 0 Å². The van der Waals surface area contributed by atoms with E-state index in [-0.39, 0.29) is 17.0 Å². The molecule has 2 aromatic heterocycles. The Morgan fingerprint density at radius 3 is 2.58 bits per heavy atom. The van der Waals surface area contributed by atoms with Crippen LogP contribution in [0.3, 0.4) is 0 Å². The molecule has 3 rings (SSSR count). The lowest BCUT2D eigenvalue weighted by atomic mass is 10.2. The van der Waals surface area contributed by atoms with Crippen molar-refractivity contribution in [1.29, 1.82) is 0 Å². The third kappa shape index (κ3) is 6.88. The number of carbonyl (C=O) groups is 1. The topological polar surface area (TPSA) is 91.8 Å². The van der Waals surface area contributed by atoms with Crippen molar-refractivity contribution in [2.45, 2.75) is 24.5 Å². The molecule has 0 saturated carbocycles. The number of thioether (sulfide) groups is 1. The number of nitrogens with zero attached hydrogens (tertiary/aromatic N) is 3. The van der Waals surface area contributed by atoms with Crippen LogP contribution in [-0.4, -0.2) is 39.7 Å². The van der Waals surface area contributed by atoms with Crippen LogP contribution in [0.2, 0.25) is 0 Å². The number of aromatic nitrogens is 3. The van der Waals surface area contributed by atoms with E-state index in [4.69, 9.17) is 0 Å². The molecule has 0 fully saturated rings. The highest BCUT2D eigenvalue weighted by atomic mass is 32.2. The fourth-order valence-corrected chi connectivity index (χ4v) is 3.41. The molecule has 0 spiro atoms. The van der Waals surface area contributed by atoms with Crippen molar-refractivity contribution >= 4 is 35.1 Å². The van der Waals surface area contributed by atoms with Gasteiger partial charge in [0.25, 0.3) is 11.7 Å². The van der Waals surface area contributed by atoms with Gasteiger partial charge in [0.05, 0.1) is 5.56 Å². The van der Waals surface area contributed by atoms with Crippen LogP contribution in [0.5, 0.6) is 0 Å². The van der Waals surface area contributed by atoms with E-state index in [1.807, 2.05) is 19.1 Å². The van der Waals surface area contributed by atoms with E-state index in [0.717, 1.165) is 5.56 Å². The normalized spacial score (nSPS) is 10.7. The standard InChI is InChI=1S/C21H22F2N6OS/c1-13-7-8-24-17(11-13)29-19-12-18(27-14(2)28-19)25-9-10-26-20(30)15-5-3-4-6-16(15)31-21(22)23/h3-8,11-12,21H,9-10H2,1-2H3,(H,26,30)(H2,24,25,27,28,29). The average molecular weight is 445 g/mol. The molecule has 0 aliphatic heterocycles. The van der Waals surface area contributed by atoms with Crippen LogP contribution in [0.25, 0.3) is 0 Å². The Kier molecular flexibility index (Phi) is 7.71. The smallest absolute Gasteiger partial charge is 0.288 e. The molecule has 1 aromatic carbocycles. The largest absolute Gasteiger partial charge is 0.368 e. The monoisotopic (exact) mass is 444 g/mol. The third-order valence-corrected chi connectivity index (χ3v) is 4.86. The quantitative estimate of drug-likeness (QED) is 0.333. The number of nitrogens with one attached hydrogen (secondary N) is 3. The van der Waals surface area contributed by atoms with Gasteiger partial charge in [0, 0.05) is 30.2 Å². The maximum atomic E-state index is 12.7. The van der Waals surface area contributed by atoms with E-state index in [9.17, 15) is 13.6 Å². The first-order valence-corrected chi connectivity index (χ1v) is 10.4. The second kappa shape index (κ2) is 10.7. The molecule has 1 amide bonds. The van der Waals surface area contributed by atoms with E-state index in [0.29, 0.717) is 41.6 Å². The van der Waals surface area contributed by atoms with Gasteiger partial charge in [-0.1, -0.05) is 23.9 Å². The van der Waals surface area contributed by atoms with Gasteiger partial charge in [0.2, 0.25) is 0 Å². The minimum Gasteiger partial charge on any atom is -0.368 e. The van der Waals surface area contributed by atoms with Crippen molar-refractivity contribution < 1.29 is 13.6 Å². The number of halogens is 2. The van der Waals surface area contributed by atoms with Gasteiger partial charge in [-0.25, -0.2) is 15.0 Å². The second-order valence-corrected chi connectivity index (χ2v) is 7.62. The third-order valence-electron chi connectivity index (χ3n) is 4.07. The molecule has 0 saturated heterocycles. The van der Waals surface area contributed by atoms with Crippen LogP contribution in [0, 0.1) is 13.8 Å². The molecular weight excluding hydrogens is 422 g/mol. The highest BCUT2D eigenvalue weighted by molar-refractivity contribution is 7.99. The van der Waals surface area contributed by atoms with Gasteiger partial charge in [-0.05, 0) is 43.7 Å². The van der Waals surface area contributed by atoms with Crippen LogP contribution in [0.4, 0.5) is 26.2 Å². The number of carbonyl (C=O) groups excluding carboxylic acids is 1. The first-order valence-electron chi connectivity index (χ1n) is 9.52. The summed E-state index contributed by atoms with van der Waals surface area (Å²) in [6.45, 7) is 4.44. The maximum absolute atomic E-state index is 12.7. The Morgan fingerprint density at radius 2 is 1.81 bits per heavy atom. The average Bonchev–Trinajstić information content (AvgIpc) is 2.70. The highest BCUT2D eigenvalue weighted by Crippen LogP contribution is 2.28. The van der Waals surface area contributed by atoms with E-state index in [2.05, 4.69) is 30.9 Å². The number of amides is 1. The number of hydrogen-bond acceptors (Lipinski definition) is 7. The summed E-state index contributed by atoms with van der Waals surface area (Å²) in [6, 6.07) is 11.9. The van der Waals surface area contributed by atoms with Crippen LogP contribution in [0.15, 0.2) is 53.6 Å². The predicted octanol–water partition coefficient (Wildman–Crippen LogP) is 4.39. The SMILES string of the molecule is Cc1ccnc(Nc2cc(NCCNC(=O)c3ccccc3SC(F)F)nc(C)n2)c1. The lowest BCUT2D eigenvalue weighted by Crippen LogP contribution is -2.29. The molecular formula is C21H22F2N6OS. The summed E-state index contributed by atoms with van der Waals surface area (Å²) in [4.78, 5) is 25.5. The molecule has 2 heterocycles. The van der Waals surface area contributed by atoms with Gasteiger partial charge in [0.1, 0.15) is 23.3 Å². The number of aryl methyl sites for hydroxylation is 2. The van der Waals surface area contributed by atoms with Gasteiger partial charge < -0.3 is 16.0 Å². The van der Waals surface area contributed by atoms with Gasteiger partial charge in [0.15, 0.2) is 0 Å². The Morgan fingerprint density at radius 1 is 1.03 bits per heavy atom. The Balaban J connectivity index is 1.55. The number of anilines is 3. The minimum absolute atomic E-state index is 0.225. The zero-order chi connectivity index (χ0) is 22.2. The minimum atomic E-state index is -2.59. The van der Waals surface area contributed by atoms with Gasteiger partial charge >= 0.3 is 0 Å². The molecule has 3 N–H and O–H groups in total. The number of rotatable bonds is 9. The highest BCUT2D eigenvalue weighted by Gasteiger charge is 2.14. The zero-order valence-corrected chi connectivity index (χ0v) is 17.8. The zero-order valence-electron chi connectivity index (χ0n) is 17.0. The van der Waals surface area contributed by atoms with E-state index in [1.54, 1.807) is 31.3 Å². The lowest BCUT2D eigenvalue weighted by Gasteiger charge is -2.12. The molecule has 31 heavy (non-hydrogen) atoms. The molecule has 10 heteroatoms. The second-order valence-electron chi connectivity index (χ2n) is 6.59.